The Kier molecular flexibility index (Phi) is 3.41. The molecule has 0 unspecified atom stereocenters. The molecule has 1 heterocycles. The molecule has 5 nitrogen and oxygen atoms in total. The average Bonchev–Trinajstić information content (AvgIpc) is 2.78. The maximum Gasteiger partial charge on any atom is 0.132 e. The van der Waals surface area contributed by atoms with E-state index in [1.54, 1.807) is 20.5 Å². The third-order valence-electron chi connectivity index (χ3n) is 2.88. The van der Waals surface area contributed by atoms with Gasteiger partial charge in [-0.1, -0.05) is 0 Å². The van der Waals surface area contributed by atoms with Gasteiger partial charge in [0, 0.05) is 18.2 Å². The Labute approximate surface area is 106 Å². The molecule has 5 heteroatoms. The summed E-state index contributed by atoms with van der Waals surface area (Å²) in [6.45, 7) is 2.81. The number of aryl methyl sites for hydroxylation is 1. The summed E-state index contributed by atoms with van der Waals surface area (Å²) in [6, 6.07) is 5.58. The molecule has 0 saturated heterocycles. The van der Waals surface area contributed by atoms with E-state index in [0.29, 0.717) is 11.6 Å². The van der Waals surface area contributed by atoms with Crippen molar-refractivity contribution in [3.63, 3.8) is 0 Å². The number of hydrogen-bond acceptors (Lipinski definition) is 4. The summed E-state index contributed by atoms with van der Waals surface area (Å²) >= 11 is 0. The Morgan fingerprint density at radius 1 is 1.28 bits per heavy atom. The molecule has 1 aromatic heterocycles. The number of imidazole rings is 1. The molecule has 0 atom stereocenters. The van der Waals surface area contributed by atoms with Gasteiger partial charge in [-0.25, -0.2) is 4.98 Å². The minimum Gasteiger partial charge on any atom is -0.497 e. The Morgan fingerprint density at radius 3 is 2.61 bits per heavy atom. The highest BCUT2D eigenvalue weighted by molar-refractivity contribution is 5.76. The van der Waals surface area contributed by atoms with E-state index in [-0.39, 0.29) is 0 Å². The molecule has 0 aliphatic rings. The minimum absolute atomic E-state index is 0.640. The molecule has 0 spiro atoms. The lowest BCUT2D eigenvalue weighted by Gasteiger charge is -2.09. The highest BCUT2D eigenvalue weighted by Crippen LogP contribution is 2.35. The van der Waals surface area contributed by atoms with Crippen molar-refractivity contribution < 1.29 is 9.47 Å². The van der Waals surface area contributed by atoms with Gasteiger partial charge in [-0.05, 0) is 19.1 Å². The Hall–Kier alpha value is -2.17. The first-order valence-corrected chi connectivity index (χ1v) is 5.74. The molecular weight excluding hydrogens is 230 g/mol. The first-order chi connectivity index (χ1) is 8.71. The van der Waals surface area contributed by atoms with Gasteiger partial charge in [0.2, 0.25) is 0 Å². The van der Waals surface area contributed by atoms with E-state index < -0.39 is 0 Å². The third-order valence-corrected chi connectivity index (χ3v) is 2.88. The summed E-state index contributed by atoms with van der Waals surface area (Å²) < 4.78 is 12.4. The average molecular weight is 247 g/mol. The zero-order chi connectivity index (χ0) is 13.1. The fourth-order valence-electron chi connectivity index (χ4n) is 1.85. The molecule has 0 fully saturated rings. The van der Waals surface area contributed by atoms with Gasteiger partial charge in [0.15, 0.2) is 0 Å². The fourth-order valence-corrected chi connectivity index (χ4v) is 1.85. The zero-order valence-corrected chi connectivity index (χ0v) is 10.8. The van der Waals surface area contributed by atoms with E-state index in [1.165, 1.54) is 0 Å². The molecule has 2 N–H and O–H groups in total. The van der Waals surface area contributed by atoms with Crippen LogP contribution in [0.1, 0.15) is 6.92 Å². The van der Waals surface area contributed by atoms with E-state index in [4.69, 9.17) is 15.2 Å². The third kappa shape index (κ3) is 1.99. The second-order valence-electron chi connectivity index (χ2n) is 3.83. The van der Waals surface area contributed by atoms with Crippen LogP contribution in [-0.2, 0) is 6.54 Å². The van der Waals surface area contributed by atoms with Crippen LogP contribution < -0.4 is 15.2 Å². The van der Waals surface area contributed by atoms with Crippen molar-refractivity contribution in [3.05, 3.63) is 24.5 Å². The van der Waals surface area contributed by atoms with E-state index in [2.05, 4.69) is 4.98 Å². The quantitative estimate of drug-likeness (QED) is 0.899. The van der Waals surface area contributed by atoms with Crippen molar-refractivity contribution in [1.82, 2.24) is 9.55 Å². The Balaban J connectivity index is 2.52. The van der Waals surface area contributed by atoms with Crippen molar-refractivity contribution in [2.75, 3.05) is 20.0 Å². The maximum atomic E-state index is 6.05. The number of benzene rings is 1. The smallest absolute Gasteiger partial charge is 0.132 e. The van der Waals surface area contributed by atoms with Gasteiger partial charge in [0.1, 0.15) is 23.0 Å². The number of hydrogen-bond donors (Lipinski definition) is 1. The Morgan fingerprint density at radius 2 is 2.06 bits per heavy atom. The molecule has 96 valence electrons. The van der Waals surface area contributed by atoms with Gasteiger partial charge in [-0.3, -0.25) is 0 Å². The summed E-state index contributed by atoms with van der Waals surface area (Å²) in [4.78, 5) is 4.34. The monoisotopic (exact) mass is 247 g/mol. The summed E-state index contributed by atoms with van der Waals surface area (Å²) in [5.41, 5.74) is 7.65. The molecular formula is C13H17N3O2. The lowest BCUT2D eigenvalue weighted by molar-refractivity contribution is 0.395. The van der Waals surface area contributed by atoms with Gasteiger partial charge < -0.3 is 19.8 Å². The Bertz CT molecular complexity index is 549. The molecule has 2 rings (SSSR count). The topological polar surface area (TPSA) is 62.3 Å². The molecule has 1 aromatic carbocycles. The summed E-state index contributed by atoms with van der Waals surface area (Å²) in [5.74, 6) is 2.08. The number of methoxy groups -OCH3 is 2. The van der Waals surface area contributed by atoms with Crippen molar-refractivity contribution in [3.8, 4) is 22.8 Å². The van der Waals surface area contributed by atoms with Gasteiger partial charge in [-0.2, -0.15) is 0 Å². The number of nitrogen functional groups attached to an aromatic ring is 1. The lowest BCUT2D eigenvalue weighted by atomic mass is 10.1. The van der Waals surface area contributed by atoms with E-state index >= 15 is 0 Å². The van der Waals surface area contributed by atoms with Crippen molar-refractivity contribution in [1.29, 1.82) is 0 Å². The van der Waals surface area contributed by atoms with Crippen LogP contribution in [0.4, 0.5) is 5.82 Å². The van der Waals surface area contributed by atoms with Gasteiger partial charge in [0.25, 0.3) is 0 Å². The molecule has 0 amide bonds. The van der Waals surface area contributed by atoms with Crippen molar-refractivity contribution in [2.24, 2.45) is 0 Å². The fraction of sp³-hybridized carbons (Fsp3) is 0.308. The molecule has 0 aliphatic heterocycles. The minimum atomic E-state index is 0.640. The van der Waals surface area contributed by atoms with Crippen LogP contribution in [0.2, 0.25) is 0 Å². The van der Waals surface area contributed by atoms with Crippen molar-refractivity contribution >= 4 is 5.82 Å². The maximum absolute atomic E-state index is 6.05. The molecule has 18 heavy (non-hydrogen) atoms. The first kappa shape index (κ1) is 12.3. The number of nitrogens with two attached hydrogens (primary N) is 1. The summed E-state index contributed by atoms with van der Waals surface area (Å²) in [6.07, 6.45) is 1.73. The molecule has 0 radical (unpaired) electrons. The second-order valence-corrected chi connectivity index (χ2v) is 3.83. The lowest BCUT2D eigenvalue weighted by Crippen LogP contribution is -2.00. The normalized spacial score (nSPS) is 10.4. The molecule has 2 aromatic rings. The predicted molar refractivity (Wildman–Crippen MR) is 70.9 cm³/mol. The van der Waals surface area contributed by atoms with Gasteiger partial charge >= 0.3 is 0 Å². The SMILES string of the molecule is CCn1cnc(-c2ccc(OC)cc2OC)c1N. The van der Waals surface area contributed by atoms with Gasteiger partial charge in [-0.15, -0.1) is 0 Å². The highest BCUT2D eigenvalue weighted by Gasteiger charge is 2.14. The summed E-state index contributed by atoms with van der Waals surface area (Å²) in [5, 5.41) is 0. The molecule has 0 aliphatic carbocycles. The number of ether oxygens (including phenoxy) is 2. The number of anilines is 1. The summed E-state index contributed by atoms with van der Waals surface area (Å²) in [7, 11) is 3.24. The predicted octanol–water partition coefficient (Wildman–Crippen LogP) is 2.17. The highest BCUT2D eigenvalue weighted by atomic mass is 16.5. The number of rotatable bonds is 4. The van der Waals surface area contributed by atoms with Gasteiger partial charge in [0.05, 0.1) is 20.5 Å². The molecule has 0 bridgehead atoms. The van der Waals surface area contributed by atoms with E-state index in [9.17, 15) is 0 Å². The van der Waals surface area contributed by atoms with Crippen LogP contribution in [0, 0.1) is 0 Å². The zero-order valence-electron chi connectivity index (χ0n) is 10.8. The van der Waals surface area contributed by atoms with E-state index in [0.717, 1.165) is 23.6 Å². The van der Waals surface area contributed by atoms with Crippen LogP contribution in [0.15, 0.2) is 24.5 Å². The second kappa shape index (κ2) is 5.00. The largest absolute Gasteiger partial charge is 0.497 e. The molecule has 0 saturated carbocycles. The van der Waals surface area contributed by atoms with Crippen LogP contribution in [0.25, 0.3) is 11.3 Å². The number of nitrogens with zero attached hydrogens (tertiary/aromatic N) is 2. The standard InChI is InChI=1S/C13H17N3O2/c1-4-16-8-15-12(13(16)14)10-6-5-9(17-2)7-11(10)18-3/h5-8H,4,14H2,1-3H3. The number of aromatic nitrogens is 2. The van der Waals surface area contributed by atoms with Crippen LogP contribution in [-0.4, -0.2) is 23.8 Å². The van der Waals surface area contributed by atoms with Crippen molar-refractivity contribution in [2.45, 2.75) is 13.5 Å². The van der Waals surface area contributed by atoms with E-state index in [1.807, 2.05) is 29.7 Å². The first-order valence-electron chi connectivity index (χ1n) is 5.74. The van der Waals surface area contributed by atoms with Crippen LogP contribution in [0.5, 0.6) is 11.5 Å². The van der Waals surface area contributed by atoms with Crippen LogP contribution in [0.3, 0.4) is 0 Å². The van der Waals surface area contributed by atoms with Crippen LogP contribution >= 0.6 is 0 Å².